The van der Waals surface area contributed by atoms with E-state index in [-0.39, 0.29) is 6.03 Å². The van der Waals surface area contributed by atoms with E-state index in [1.165, 1.54) is 16.5 Å². The molecule has 5 rings (SSSR count). The molecule has 5 nitrogen and oxygen atoms in total. The first kappa shape index (κ1) is 20.2. The number of nitrogens with zero attached hydrogens (tertiary/aromatic N) is 2. The zero-order valence-corrected chi connectivity index (χ0v) is 18.4. The number of fused-ring (bicyclic) bond motifs is 2. The fourth-order valence-corrected chi connectivity index (χ4v) is 5.24. The largest absolute Gasteiger partial charge is 0.361 e. The van der Waals surface area contributed by atoms with Gasteiger partial charge in [0, 0.05) is 59.9 Å². The van der Waals surface area contributed by atoms with Gasteiger partial charge in [0.05, 0.1) is 0 Å². The van der Waals surface area contributed by atoms with Gasteiger partial charge in [-0.25, -0.2) is 4.79 Å². The van der Waals surface area contributed by atoms with Crippen LogP contribution in [0.5, 0.6) is 0 Å². The summed E-state index contributed by atoms with van der Waals surface area (Å²) in [6, 6.07) is 14.7. The van der Waals surface area contributed by atoms with Crippen molar-refractivity contribution in [2.45, 2.75) is 24.8 Å². The highest BCUT2D eigenvalue weighted by atomic mass is 35.5. The van der Waals surface area contributed by atoms with E-state index in [1.807, 2.05) is 29.2 Å². The Labute approximate surface area is 187 Å². The molecule has 0 saturated carbocycles. The summed E-state index contributed by atoms with van der Waals surface area (Å²) in [6.45, 7) is 2.66. The molecule has 2 N–H and O–H groups in total. The van der Waals surface area contributed by atoms with Gasteiger partial charge in [0.15, 0.2) is 0 Å². The summed E-state index contributed by atoms with van der Waals surface area (Å²) in [6.07, 6.45) is 8.70. The summed E-state index contributed by atoms with van der Waals surface area (Å²) in [5.41, 5.74) is 4.73. The number of nitrogens with one attached hydrogen (secondary N) is 2. The second kappa shape index (κ2) is 8.40. The number of halogens is 1. The highest BCUT2D eigenvalue weighted by molar-refractivity contribution is 6.31. The van der Waals surface area contributed by atoms with Crippen LogP contribution in [-0.4, -0.2) is 42.6 Å². The summed E-state index contributed by atoms with van der Waals surface area (Å²) in [5.74, 6) is 0.349. The van der Waals surface area contributed by atoms with Crippen LogP contribution in [0.25, 0.3) is 10.9 Å². The predicted octanol–water partition coefficient (Wildman–Crippen LogP) is 5.46. The molecule has 2 aliphatic heterocycles. The molecular formula is C25H27ClN4O. The molecule has 3 heterocycles. The molecule has 2 atom stereocenters. The number of amides is 2. The van der Waals surface area contributed by atoms with Crippen LogP contribution in [0.15, 0.2) is 60.8 Å². The monoisotopic (exact) mass is 434 g/mol. The minimum atomic E-state index is -0.0359. The van der Waals surface area contributed by atoms with Crippen LogP contribution in [0.2, 0.25) is 5.02 Å². The Morgan fingerprint density at radius 1 is 1.19 bits per heavy atom. The van der Waals surface area contributed by atoms with Crippen LogP contribution in [0.4, 0.5) is 10.5 Å². The van der Waals surface area contributed by atoms with Gasteiger partial charge in [0.25, 0.3) is 0 Å². The van der Waals surface area contributed by atoms with E-state index in [0.717, 1.165) is 48.7 Å². The van der Waals surface area contributed by atoms with Crippen LogP contribution < -0.4 is 10.2 Å². The molecule has 2 aromatic carbocycles. The summed E-state index contributed by atoms with van der Waals surface area (Å²) in [7, 11) is 1.69. The third-order valence-electron chi connectivity index (χ3n) is 6.64. The molecule has 160 valence electrons. The van der Waals surface area contributed by atoms with Crippen LogP contribution in [0.3, 0.4) is 0 Å². The molecule has 2 aliphatic rings. The highest BCUT2D eigenvalue weighted by Crippen LogP contribution is 2.39. The fourth-order valence-electron chi connectivity index (χ4n) is 5.07. The number of urea groups is 1. The van der Waals surface area contributed by atoms with Crippen molar-refractivity contribution in [3.05, 3.63) is 77.0 Å². The number of rotatable bonds is 4. The van der Waals surface area contributed by atoms with E-state index in [1.54, 1.807) is 7.05 Å². The molecular weight excluding hydrogens is 408 g/mol. The number of H-pyrrole nitrogens is 1. The second-order valence-electron chi connectivity index (χ2n) is 8.36. The van der Waals surface area contributed by atoms with E-state index >= 15 is 0 Å². The average Bonchev–Trinajstić information content (AvgIpc) is 3.38. The molecule has 1 aromatic heterocycles. The van der Waals surface area contributed by atoms with E-state index < -0.39 is 0 Å². The molecule has 6 heteroatoms. The molecule has 0 spiro atoms. The normalized spacial score (nSPS) is 20.9. The maximum absolute atomic E-state index is 12.4. The molecule has 0 aliphatic carbocycles. The topological polar surface area (TPSA) is 51.4 Å². The lowest BCUT2D eigenvalue weighted by atomic mass is 9.95. The number of hydrogen-bond donors (Lipinski definition) is 2. The van der Waals surface area contributed by atoms with Crippen LogP contribution >= 0.6 is 11.6 Å². The molecule has 2 amide bonds. The van der Waals surface area contributed by atoms with Crippen molar-refractivity contribution in [2.75, 3.05) is 31.6 Å². The van der Waals surface area contributed by atoms with E-state index in [9.17, 15) is 4.79 Å². The van der Waals surface area contributed by atoms with Crippen LogP contribution in [0, 0.1) is 0 Å². The van der Waals surface area contributed by atoms with Crippen molar-refractivity contribution in [3.63, 3.8) is 0 Å². The zero-order valence-electron chi connectivity index (χ0n) is 17.6. The zero-order chi connectivity index (χ0) is 21.4. The lowest BCUT2D eigenvalue weighted by molar-refractivity contribution is 0.204. The highest BCUT2D eigenvalue weighted by Gasteiger charge is 2.32. The van der Waals surface area contributed by atoms with Crippen molar-refractivity contribution >= 4 is 34.2 Å². The van der Waals surface area contributed by atoms with Crippen LogP contribution in [-0.2, 0) is 0 Å². The minimum Gasteiger partial charge on any atom is -0.361 e. The Kier molecular flexibility index (Phi) is 5.47. The molecule has 0 bridgehead atoms. The third kappa shape index (κ3) is 3.73. The van der Waals surface area contributed by atoms with E-state index in [0.29, 0.717) is 12.0 Å². The summed E-state index contributed by atoms with van der Waals surface area (Å²) < 4.78 is 0. The third-order valence-corrected chi connectivity index (χ3v) is 6.87. The number of carbonyl (C=O) groups excluding carboxylic acids is 1. The summed E-state index contributed by atoms with van der Waals surface area (Å²) >= 11 is 6.18. The molecule has 3 aromatic rings. The Morgan fingerprint density at radius 3 is 2.94 bits per heavy atom. The number of para-hydroxylation sites is 1. The first-order valence-corrected chi connectivity index (χ1v) is 11.3. The van der Waals surface area contributed by atoms with Gasteiger partial charge in [0.1, 0.15) is 0 Å². The molecule has 0 radical (unpaired) electrons. The quantitative estimate of drug-likeness (QED) is 0.536. The van der Waals surface area contributed by atoms with Crippen molar-refractivity contribution in [2.24, 2.45) is 0 Å². The van der Waals surface area contributed by atoms with E-state index in [4.69, 9.17) is 11.6 Å². The maximum Gasteiger partial charge on any atom is 0.321 e. The SMILES string of the molecule is CNC(=O)N1CC(CCN2CC=CCC2c2c[nH]c3cc(Cl)ccc23)c2ccccc21. The second-order valence-corrected chi connectivity index (χ2v) is 8.80. The van der Waals surface area contributed by atoms with Gasteiger partial charge in [-0.2, -0.15) is 0 Å². The van der Waals surface area contributed by atoms with Crippen molar-refractivity contribution in [1.29, 1.82) is 0 Å². The fraction of sp³-hybridized carbons (Fsp3) is 0.320. The van der Waals surface area contributed by atoms with Gasteiger partial charge in [-0.15, -0.1) is 0 Å². The Bertz CT molecular complexity index is 1140. The van der Waals surface area contributed by atoms with Gasteiger partial charge in [-0.3, -0.25) is 9.80 Å². The van der Waals surface area contributed by atoms with Gasteiger partial charge in [-0.05, 0) is 48.7 Å². The number of anilines is 1. The standard InChI is InChI=1S/C25H27ClN4O/c1-27-25(31)30-16-17(19-6-2-3-8-24(19)30)11-13-29-12-5-4-7-23(29)21-15-28-22-14-18(26)9-10-20(21)22/h2-6,8-10,14-15,17,23,28H,7,11-13,16H2,1H3,(H,27,31). The Balaban J connectivity index is 1.36. The Morgan fingerprint density at radius 2 is 2.06 bits per heavy atom. The molecule has 0 saturated heterocycles. The number of aromatic nitrogens is 1. The smallest absolute Gasteiger partial charge is 0.321 e. The maximum atomic E-state index is 12.4. The number of aromatic amines is 1. The van der Waals surface area contributed by atoms with Gasteiger partial charge in [0.2, 0.25) is 0 Å². The lowest BCUT2D eigenvalue weighted by Crippen LogP contribution is -2.38. The number of hydrogen-bond acceptors (Lipinski definition) is 2. The summed E-state index contributed by atoms with van der Waals surface area (Å²) in [5, 5.41) is 4.77. The molecule has 0 fully saturated rings. The van der Waals surface area contributed by atoms with E-state index in [2.05, 4.69) is 51.7 Å². The van der Waals surface area contributed by atoms with Crippen molar-refractivity contribution in [3.8, 4) is 0 Å². The minimum absolute atomic E-state index is 0.0359. The van der Waals surface area contributed by atoms with Crippen molar-refractivity contribution < 1.29 is 4.79 Å². The van der Waals surface area contributed by atoms with Crippen LogP contribution in [0.1, 0.15) is 35.9 Å². The number of carbonyl (C=O) groups is 1. The molecule has 31 heavy (non-hydrogen) atoms. The van der Waals surface area contributed by atoms with Gasteiger partial charge < -0.3 is 10.3 Å². The Hall–Kier alpha value is -2.76. The van der Waals surface area contributed by atoms with Gasteiger partial charge in [-0.1, -0.05) is 48.0 Å². The molecule has 2 unspecified atom stereocenters. The lowest BCUT2D eigenvalue weighted by Gasteiger charge is -2.33. The van der Waals surface area contributed by atoms with Crippen molar-refractivity contribution in [1.82, 2.24) is 15.2 Å². The first-order valence-electron chi connectivity index (χ1n) is 10.9. The van der Waals surface area contributed by atoms with Gasteiger partial charge >= 0.3 is 6.03 Å². The average molecular weight is 435 g/mol. The predicted molar refractivity (Wildman–Crippen MR) is 127 cm³/mol. The number of benzene rings is 2. The summed E-state index contributed by atoms with van der Waals surface area (Å²) in [4.78, 5) is 20.2. The first-order chi connectivity index (χ1) is 15.2.